The van der Waals surface area contributed by atoms with Crippen LogP contribution in [0.5, 0.6) is 0 Å². The highest BCUT2D eigenvalue weighted by Gasteiger charge is 2.15. The summed E-state index contributed by atoms with van der Waals surface area (Å²) in [6, 6.07) is 3.03. The highest BCUT2D eigenvalue weighted by molar-refractivity contribution is 9.10. The number of halogens is 2. The molecule has 5 heteroatoms. The topological polar surface area (TPSA) is 48.4 Å². The predicted molar refractivity (Wildman–Crippen MR) is 62.5 cm³/mol. The van der Waals surface area contributed by atoms with E-state index in [-0.39, 0.29) is 12.4 Å². The van der Waals surface area contributed by atoms with E-state index in [1.165, 1.54) is 6.07 Å². The molecule has 0 radical (unpaired) electrons. The number of hydrogen-bond donors (Lipinski definition) is 1. The van der Waals surface area contributed by atoms with E-state index >= 15 is 0 Å². The Kier molecular flexibility index (Phi) is 3.28. The minimum absolute atomic E-state index is 0.270. The molecule has 2 aromatic rings. The number of nitrogens with two attached hydrogens (primary N) is 1. The number of furan rings is 1. The van der Waals surface area contributed by atoms with E-state index in [9.17, 15) is 4.39 Å². The van der Waals surface area contributed by atoms with Crippen LogP contribution in [0.2, 0.25) is 0 Å². The number of rotatable bonds is 3. The van der Waals surface area contributed by atoms with Crippen molar-refractivity contribution in [3.8, 4) is 0 Å². The van der Waals surface area contributed by atoms with E-state index in [0.29, 0.717) is 22.4 Å². The fraction of sp³-hybridized carbons (Fsp3) is 0.273. The van der Waals surface area contributed by atoms with Gasteiger partial charge in [-0.05, 0) is 22.0 Å². The second-order valence-electron chi connectivity index (χ2n) is 3.40. The van der Waals surface area contributed by atoms with E-state index in [4.69, 9.17) is 14.9 Å². The van der Waals surface area contributed by atoms with Gasteiger partial charge in [0.2, 0.25) is 0 Å². The van der Waals surface area contributed by atoms with Crippen molar-refractivity contribution in [2.45, 2.75) is 13.2 Å². The molecule has 1 aromatic carbocycles. The highest BCUT2D eigenvalue weighted by atomic mass is 79.9. The second kappa shape index (κ2) is 4.53. The van der Waals surface area contributed by atoms with Crippen LogP contribution >= 0.6 is 15.9 Å². The van der Waals surface area contributed by atoms with E-state index in [2.05, 4.69) is 15.9 Å². The maximum absolute atomic E-state index is 13.3. The Labute approximate surface area is 100 Å². The molecule has 1 aromatic heterocycles. The Morgan fingerprint density at radius 3 is 2.88 bits per heavy atom. The summed E-state index contributed by atoms with van der Waals surface area (Å²) < 4.78 is 24.3. The van der Waals surface area contributed by atoms with Crippen molar-refractivity contribution < 1.29 is 13.5 Å². The van der Waals surface area contributed by atoms with Crippen molar-refractivity contribution in [2.24, 2.45) is 5.73 Å². The first kappa shape index (κ1) is 11.6. The molecule has 0 aliphatic rings. The van der Waals surface area contributed by atoms with Crippen molar-refractivity contribution in [2.75, 3.05) is 7.11 Å². The number of ether oxygens (including phenoxy) is 1. The fourth-order valence-electron chi connectivity index (χ4n) is 1.66. The molecular formula is C11H11BrFNO2. The van der Waals surface area contributed by atoms with Crippen LogP contribution in [0.25, 0.3) is 11.0 Å². The van der Waals surface area contributed by atoms with Gasteiger partial charge in [-0.25, -0.2) is 4.39 Å². The molecule has 0 aliphatic heterocycles. The van der Waals surface area contributed by atoms with Gasteiger partial charge in [0.15, 0.2) is 0 Å². The minimum Gasteiger partial charge on any atom is -0.459 e. The van der Waals surface area contributed by atoms with Crippen molar-refractivity contribution >= 4 is 26.9 Å². The summed E-state index contributed by atoms with van der Waals surface area (Å²) >= 11 is 3.14. The van der Waals surface area contributed by atoms with Gasteiger partial charge in [-0.2, -0.15) is 0 Å². The molecule has 2 N–H and O–H groups in total. The standard InChI is InChI=1S/C11H11BrFNO2/c1-15-5-7-6-2-8(12)9(13)3-10(6)16-11(7)4-14/h2-3H,4-5,14H2,1H3. The van der Waals surface area contributed by atoms with Crippen LogP contribution < -0.4 is 5.73 Å². The van der Waals surface area contributed by atoms with E-state index in [1.54, 1.807) is 13.2 Å². The zero-order valence-corrected chi connectivity index (χ0v) is 10.3. The van der Waals surface area contributed by atoms with E-state index in [0.717, 1.165) is 10.9 Å². The molecule has 16 heavy (non-hydrogen) atoms. The summed E-state index contributed by atoms with van der Waals surface area (Å²) in [5.74, 6) is 0.281. The van der Waals surface area contributed by atoms with E-state index in [1.807, 2.05) is 0 Å². The van der Waals surface area contributed by atoms with Crippen LogP contribution in [-0.2, 0) is 17.9 Å². The maximum atomic E-state index is 13.3. The fourth-order valence-corrected chi connectivity index (χ4v) is 2.00. The van der Waals surface area contributed by atoms with Gasteiger partial charge >= 0.3 is 0 Å². The quantitative estimate of drug-likeness (QED) is 0.944. The lowest BCUT2D eigenvalue weighted by Gasteiger charge is -1.99. The van der Waals surface area contributed by atoms with Crippen LogP contribution in [0.15, 0.2) is 21.0 Å². The lowest BCUT2D eigenvalue weighted by molar-refractivity contribution is 0.184. The number of hydrogen-bond acceptors (Lipinski definition) is 3. The van der Waals surface area contributed by atoms with Gasteiger partial charge < -0.3 is 14.9 Å². The first-order valence-corrected chi connectivity index (χ1v) is 5.55. The number of methoxy groups -OCH3 is 1. The van der Waals surface area contributed by atoms with E-state index < -0.39 is 0 Å². The monoisotopic (exact) mass is 287 g/mol. The molecule has 0 unspecified atom stereocenters. The van der Waals surface area contributed by atoms with Crippen LogP contribution in [0.3, 0.4) is 0 Å². The van der Waals surface area contributed by atoms with Crippen LogP contribution in [0, 0.1) is 5.82 Å². The van der Waals surface area contributed by atoms with Gasteiger partial charge in [-0.15, -0.1) is 0 Å². The van der Waals surface area contributed by atoms with Gasteiger partial charge in [0.1, 0.15) is 17.2 Å². The zero-order chi connectivity index (χ0) is 11.7. The lowest BCUT2D eigenvalue weighted by atomic mass is 10.1. The first-order chi connectivity index (χ1) is 7.67. The predicted octanol–water partition coefficient (Wildman–Crippen LogP) is 2.94. The lowest BCUT2D eigenvalue weighted by Crippen LogP contribution is -1.99. The molecule has 0 bridgehead atoms. The Bertz CT molecular complexity index is 524. The van der Waals surface area contributed by atoms with Crippen molar-refractivity contribution in [3.63, 3.8) is 0 Å². The zero-order valence-electron chi connectivity index (χ0n) is 8.72. The summed E-state index contributed by atoms with van der Waals surface area (Å²) in [4.78, 5) is 0. The van der Waals surface area contributed by atoms with Gasteiger partial charge in [0.05, 0.1) is 17.6 Å². The summed E-state index contributed by atoms with van der Waals surface area (Å²) in [6.07, 6.45) is 0. The molecule has 3 nitrogen and oxygen atoms in total. The molecule has 0 spiro atoms. The molecule has 86 valence electrons. The molecule has 0 amide bonds. The highest BCUT2D eigenvalue weighted by Crippen LogP contribution is 2.30. The molecule has 2 rings (SSSR count). The van der Waals surface area contributed by atoms with Crippen LogP contribution in [0.1, 0.15) is 11.3 Å². The van der Waals surface area contributed by atoms with Crippen molar-refractivity contribution in [1.29, 1.82) is 0 Å². The second-order valence-corrected chi connectivity index (χ2v) is 4.26. The molecule has 0 saturated heterocycles. The SMILES string of the molecule is COCc1c(CN)oc2cc(F)c(Br)cc12. The molecular weight excluding hydrogens is 277 g/mol. The molecule has 0 atom stereocenters. The number of fused-ring (bicyclic) bond motifs is 1. The Hall–Kier alpha value is -0.910. The van der Waals surface area contributed by atoms with Gasteiger partial charge in [-0.3, -0.25) is 0 Å². The van der Waals surface area contributed by atoms with Gasteiger partial charge in [0.25, 0.3) is 0 Å². The third-order valence-electron chi connectivity index (χ3n) is 2.39. The van der Waals surface area contributed by atoms with Gasteiger partial charge in [0, 0.05) is 24.1 Å². The third-order valence-corrected chi connectivity index (χ3v) is 3.00. The third kappa shape index (κ3) is 1.86. The van der Waals surface area contributed by atoms with Crippen LogP contribution in [-0.4, -0.2) is 7.11 Å². The largest absolute Gasteiger partial charge is 0.459 e. The Balaban J connectivity index is 2.69. The average molecular weight is 288 g/mol. The molecule has 0 aliphatic carbocycles. The molecule has 0 saturated carbocycles. The smallest absolute Gasteiger partial charge is 0.141 e. The normalized spacial score (nSPS) is 11.2. The average Bonchev–Trinajstić information content (AvgIpc) is 2.58. The Morgan fingerprint density at radius 1 is 1.50 bits per heavy atom. The van der Waals surface area contributed by atoms with Crippen molar-refractivity contribution in [3.05, 3.63) is 33.7 Å². The molecule has 0 fully saturated rings. The maximum Gasteiger partial charge on any atom is 0.141 e. The summed E-state index contributed by atoms with van der Waals surface area (Å²) in [7, 11) is 1.59. The van der Waals surface area contributed by atoms with Gasteiger partial charge in [-0.1, -0.05) is 0 Å². The minimum atomic E-state index is -0.353. The number of benzene rings is 1. The first-order valence-electron chi connectivity index (χ1n) is 4.75. The Morgan fingerprint density at radius 2 is 2.25 bits per heavy atom. The summed E-state index contributed by atoms with van der Waals surface area (Å²) in [5, 5.41) is 0.829. The summed E-state index contributed by atoms with van der Waals surface area (Å²) in [5.41, 5.74) is 6.94. The molecule has 1 heterocycles. The summed E-state index contributed by atoms with van der Waals surface area (Å²) in [6.45, 7) is 0.671. The van der Waals surface area contributed by atoms with Crippen molar-refractivity contribution in [1.82, 2.24) is 0 Å². The van der Waals surface area contributed by atoms with Crippen LogP contribution in [0.4, 0.5) is 4.39 Å².